The van der Waals surface area contributed by atoms with Crippen molar-refractivity contribution in [3.63, 3.8) is 0 Å². The number of para-hydroxylation sites is 2. The van der Waals surface area contributed by atoms with Gasteiger partial charge in [0.1, 0.15) is 0 Å². The summed E-state index contributed by atoms with van der Waals surface area (Å²) in [5.41, 5.74) is 21.8. The van der Waals surface area contributed by atoms with Crippen molar-refractivity contribution >= 4 is 51.0 Å². The third-order valence-electron chi connectivity index (χ3n) is 13.1. The predicted molar refractivity (Wildman–Crippen MR) is 258 cm³/mol. The molecule has 2 heterocycles. The molecule has 1 aliphatic carbocycles. The highest BCUT2D eigenvalue weighted by molar-refractivity contribution is 6.10. The van der Waals surface area contributed by atoms with Crippen LogP contribution in [0.15, 0.2) is 206 Å². The molecule has 0 unspecified atom stereocenters. The SMILES string of the molecule is CC1(C)c2ccccc2-c2cc3c(cc21)C=Cc1cc(-c2ccc4c5ccccc5n(-c5ccccc5)c4c2)ccc1N3c1cc(-c2ccccc2)cc(-c2ccccc2)c1. The molecule has 0 amide bonds. The fourth-order valence-corrected chi connectivity index (χ4v) is 10.1. The maximum Gasteiger partial charge on any atom is 0.0547 e. The van der Waals surface area contributed by atoms with Gasteiger partial charge in [-0.25, -0.2) is 0 Å². The van der Waals surface area contributed by atoms with E-state index >= 15 is 0 Å². The van der Waals surface area contributed by atoms with Crippen LogP contribution in [0.2, 0.25) is 0 Å². The van der Waals surface area contributed by atoms with E-state index in [9.17, 15) is 0 Å². The van der Waals surface area contributed by atoms with E-state index in [2.05, 4.69) is 242 Å². The lowest BCUT2D eigenvalue weighted by atomic mass is 9.82. The molecule has 10 aromatic rings. The Labute approximate surface area is 356 Å². The van der Waals surface area contributed by atoms with Crippen molar-refractivity contribution in [3.05, 3.63) is 229 Å². The maximum atomic E-state index is 2.51. The lowest BCUT2D eigenvalue weighted by molar-refractivity contribution is 0.660. The van der Waals surface area contributed by atoms with Gasteiger partial charge in [-0.3, -0.25) is 0 Å². The Bertz CT molecular complexity index is 3310. The van der Waals surface area contributed by atoms with Gasteiger partial charge in [-0.05, 0) is 133 Å². The van der Waals surface area contributed by atoms with Crippen molar-refractivity contribution < 1.29 is 0 Å². The minimum Gasteiger partial charge on any atom is -0.309 e. The van der Waals surface area contributed by atoms with E-state index in [0.29, 0.717) is 0 Å². The average molecular weight is 779 g/mol. The number of anilines is 3. The smallest absolute Gasteiger partial charge is 0.0547 e. The molecule has 0 fully saturated rings. The van der Waals surface area contributed by atoms with Crippen LogP contribution >= 0.6 is 0 Å². The van der Waals surface area contributed by atoms with E-state index in [0.717, 1.165) is 17.1 Å². The second-order valence-electron chi connectivity index (χ2n) is 17.0. The summed E-state index contributed by atoms with van der Waals surface area (Å²) in [7, 11) is 0. The van der Waals surface area contributed by atoms with Gasteiger partial charge in [0, 0.05) is 27.6 Å². The van der Waals surface area contributed by atoms with Crippen LogP contribution in [0.25, 0.3) is 84.2 Å². The molecule has 0 saturated carbocycles. The van der Waals surface area contributed by atoms with Gasteiger partial charge in [0.25, 0.3) is 0 Å². The summed E-state index contributed by atoms with van der Waals surface area (Å²) >= 11 is 0. The molecule has 0 atom stereocenters. The monoisotopic (exact) mass is 778 g/mol. The first-order valence-corrected chi connectivity index (χ1v) is 21.3. The first-order valence-electron chi connectivity index (χ1n) is 21.3. The van der Waals surface area contributed by atoms with Crippen molar-refractivity contribution in [2.45, 2.75) is 19.3 Å². The zero-order chi connectivity index (χ0) is 40.7. The van der Waals surface area contributed by atoms with Crippen LogP contribution in [0.4, 0.5) is 17.1 Å². The Morgan fingerprint density at radius 2 is 0.934 bits per heavy atom. The van der Waals surface area contributed by atoms with Crippen LogP contribution in [0.3, 0.4) is 0 Å². The molecule has 0 radical (unpaired) electrons. The summed E-state index contributed by atoms with van der Waals surface area (Å²) < 4.78 is 2.40. The van der Waals surface area contributed by atoms with Gasteiger partial charge >= 0.3 is 0 Å². The van der Waals surface area contributed by atoms with Gasteiger partial charge in [0.05, 0.1) is 22.4 Å². The average Bonchev–Trinajstić information content (AvgIpc) is 3.69. The molecule has 1 aromatic heterocycles. The first-order chi connectivity index (χ1) is 30.0. The van der Waals surface area contributed by atoms with Crippen molar-refractivity contribution in [1.29, 1.82) is 0 Å². The summed E-state index contributed by atoms with van der Waals surface area (Å²) in [6.07, 6.45) is 4.67. The Morgan fingerprint density at radius 1 is 0.344 bits per heavy atom. The highest BCUT2D eigenvalue weighted by Crippen LogP contribution is 2.53. The zero-order valence-electron chi connectivity index (χ0n) is 34.2. The van der Waals surface area contributed by atoms with E-state index in [1.54, 1.807) is 0 Å². The number of fused-ring (bicyclic) bond motifs is 8. The van der Waals surface area contributed by atoms with Crippen LogP contribution in [0, 0.1) is 0 Å². The van der Waals surface area contributed by atoms with E-state index in [1.807, 2.05) is 0 Å². The summed E-state index contributed by atoms with van der Waals surface area (Å²) in [5, 5.41) is 2.51. The van der Waals surface area contributed by atoms with Crippen molar-refractivity contribution in [1.82, 2.24) is 4.57 Å². The van der Waals surface area contributed by atoms with Crippen molar-refractivity contribution in [2.24, 2.45) is 0 Å². The van der Waals surface area contributed by atoms with E-state index < -0.39 is 0 Å². The van der Waals surface area contributed by atoms with Crippen LogP contribution < -0.4 is 4.90 Å². The molecule has 288 valence electrons. The van der Waals surface area contributed by atoms with E-state index in [-0.39, 0.29) is 5.41 Å². The van der Waals surface area contributed by atoms with Gasteiger partial charge in [0.2, 0.25) is 0 Å². The summed E-state index contributed by atoms with van der Waals surface area (Å²) in [6, 6.07) is 76.0. The molecule has 61 heavy (non-hydrogen) atoms. The molecule has 2 heteroatoms. The maximum absolute atomic E-state index is 2.51. The number of aromatic nitrogens is 1. The van der Waals surface area contributed by atoms with Gasteiger partial charge in [-0.1, -0.05) is 166 Å². The standard InChI is InChI=1S/C59H42N2/c1-59(2)53-24-14-12-22-49(53)52-38-57-44(36-54(52)59)27-26-43-32-41(42-28-30-51-50-23-13-15-25-56(50)60(58(51)37-42)47-20-10-5-11-21-47)29-31-55(43)61(57)48-34-45(39-16-6-3-7-17-39)33-46(35-48)40-18-8-4-9-19-40/h3-38H,1-2H3. The van der Waals surface area contributed by atoms with Crippen LogP contribution in [-0.2, 0) is 5.41 Å². The normalized spacial score (nSPS) is 13.4. The summed E-state index contributed by atoms with van der Waals surface area (Å²) in [6.45, 7) is 4.74. The molecule has 0 spiro atoms. The minimum atomic E-state index is -0.111. The van der Waals surface area contributed by atoms with Gasteiger partial charge < -0.3 is 9.47 Å². The Morgan fingerprint density at radius 3 is 1.67 bits per heavy atom. The largest absolute Gasteiger partial charge is 0.309 e. The second-order valence-corrected chi connectivity index (χ2v) is 17.0. The fraction of sp³-hybridized carbons (Fsp3) is 0.0508. The molecule has 0 N–H and O–H groups in total. The molecule has 2 aliphatic rings. The Kier molecular flexibility index (Phi) is 7.92. The minimum absolute atomic E-state index is 0.111. The summed E-state index contributed by atoms with van der Waals surface area (Å²) in [5.74, 6) is 0. The van der Waals surface area contributed by atoms with E-state index in [4.69, 9.17) is 0 Å². The molecule has 1 aliphatic heterocycles. The molecule has 0 bridgehead atoms. The van der Waals surface area contributed by atoms with Crippen molar-refractivity contribution in [2.75, 3.05) is 4.90 Å². The quantitative estimate of drug-likeness (QED) is 0.169. The van der Waals surface area contributed by atoms with Gasteiger partial charge in [-0.2, -0.15) is 0 Å². The first kappa shape index (κ1) is 35.3. The van der Waals surface area contributed by atoms with Crippen LogP contribution in [-0.4, -0.2) is 4.57 Å². The molecule has 12 rings (SSSR count). The molecule has 2 nitrogen and oxygen atoms in total. The number of hydrogen-bond acceptors (Lipinski definition) is 1. The lowest BCUT2D eigenvalue weighted by Gasteiger charge is -2.30. The highest BCUT2D eigenvalue weighted by atomic mass is 15.1. The zero-order valence-corrected chi connectivity index (χ0v) is 34.2. The van der Waals surface area contributed by atoms with E-state index in [1.165, 1.54) is 94.3 Å². The summed E-state index contributed by atoms with van der Waals surface area (Å²) in [4.78, 5) is 2.51. The Hall–Kier alpha value is -7.68. The van der Waals surface area contributed by atoms with Crippen LogP contribution in [0.5, 0.6) is 0 Å². The molecular formula is C59H42N2. The van der Waals surface area contributed by atoms with Gasteiger partial charge in [0.15, 0.2) is 0 Å². The fourth-order valence-electron chi connectivity index (χ4n) is 10.1. The van der Waals surface area contributed by atoms with Crippen LogP contribution in [0.1, 0.15) is 36.1 Å². The van der Waals surface area contributed by atoms with Crippen molar-refractivity contribution in [3.8, 4) is 50.2 Å². The molecule has 0 saturated heterocycles. The predicted octanol–water partition coefficient (Wildman–Crippen LogP) is 16.0. The third kappa shape index (κ3) is 5.64. The highest BCUT2D eigenvalue weighted by Gasteiger charge is 2.37. The number of rotatable bonds is 5. The Balaban J connectivity index is 1.08. The number of hydrogen-bond donors (Lipinski definition) is 0. The lowest BCUT2D eigenvalue weighted by Crippen LogP contribution is -2.16. The topological polar surface area (TPSA) is 8.17 Å². The molecular weight excluding hydrogens is 737 g/mol. The second kappa shape index (κ2) is 13.7. The number of benzene rings is 9. The number of nitrogens with zero attached hydrogens (tertiary/aromatic N) is 2. The third-order valence-corrected chi connectivity index (χ3v) is 13.1. The molecule has 9 aromatic carbocycles. The van der Waals surface area contributed by atoms with Gasteiger partial charge in [-0.15, -0.1) is 0 Å².